The predicted molar refractivity (Wildman–Crippen MR) is 85.5 cm³/mol. The highest BCUT2D eigenvalue weighted by atomic mass is 32.1. The molecule has 108 valence electrons. The van der Waals surface area contributed by atoms with Gasteiger partial charge in [0.2, 0.25) is 6.20 Å². The number of pyridine rings is 1. The molecule has 4 rings (SSSR count). The Balaban J connectivity index is 1.85. The molecule has 1 aromatic carbocycles. The Kier molecular flexibility index (Phi) is 2.90. The van der Waals surface area contributed by atoms with Crippen LogP contribution in [0.25, 0.3) is 10.2 Å². The molecule has 22 heavy (non-hydrogen) atoms. The van der Waals surface area contributed by atoms with Gasteiger partial charge in [-0.05, 0) is 18.2 Å². The van der Waals surface area contributed by atoms with E-state index in [2.05, 4.69) is 4.99 Å². The summed E-state index contributed by atoms with van der Waals surface area (Å²) in [6.07, 6.45) is 3.22. The third kappa shape index (κ3) is 1.96. The summed E-state index contributed by atoms with van der Waals surface area (Å²) >= 11 is 1.27. The number of aromatic nitrogens is 1. The number of aliphatic imine (C=N–C) groups is 1. The quantitative estimate of drug-likeness (QED) is 0.555. The van der Waals surface area contributed by atoms with Crippen LogP contribution >= 0.6 is 11.3 Å². The van der Waals surface area contributed by atoms with E-state index in [4.69, 9.17) is 0 Å². The van der Waals surface area contributed by atoms with Crippen LogP contribution in [0.1, 0.15) is 9.67 Å². The van der Waals surface area contributed by atoms with E-state index in [0.717, 1.165) is 15.8 Å². The number of thiophene rings is 1. The smallest absolute Gasteiger partial charge is 0.321 e. The maximum Gasteiger partial charge on any atom is 0.321 e. The van der Waals surface area contributed by atoms with Gasteiger partial charge < -0.3 is 4.90 Å². The lowest BCUT2D eigenvalue weighted by atomic mass is 10.2. The van der Waals surface area contributed by atoms with Crippen molar-refractivity contribution in [3.8, 4) is 0 Å². The zero-order chi connectivity index (χ0) is 15.1. The van der Waals surface area contributed by atoms with Gasteiger partial charge in [-0.2, -0.15) is 0 Å². The van der Waals surface area contributed by atoms with Gasteiger partial charge in [0.25, 0.3) is 0 Å². The molecule has 0 amide bonds. The average Bonchev–Trinajstić information content (AvgIpc) is 2.84. The van der Waals surface area contributed by atoms with E-state index in [1.54, 1.807) is 18.6 Å². The van der Waals surface area contributed by atoms with E-state index < -0.39 is 0 Å². The minimum atomic E-state index is -0.00227. The number of nitrogens with zero attached hydrogens (tertiary/aromatic N) is 3. The van der Waals surface area contributed by atoms with Gasteiger partial charge in [-0.3, -0.25) is 10.0 Å². The molecule has 6 heteroatoms. The maximum atomic E-state index is 12.6. The summed E-state index contributed by atoms with van der Waals surface area (Å²) in [5, 5.41) is 10.6. The Morgan fingerprint density at radius 2 is 2.00 bits per heavy atom. The van der Waals surface area contributed by atoms with E-state index in [9.17, 15) is 10.0 Å². The number of ketones is 1. The molecule has 0 saturated carbocycles. The molecule has 0 fully saturated rings. The van der Waals surface area contributed by atoms with Crippen molar-refractivity contribution in [2.75, 3.05) is 11.4 Å². The minimum absolute atomic E-state index is 0.00227. The number of benzene rings is 1. The normalized spacial score (nSPS) is 14.2. The van der Waals surface area contributed by atoms with Crippen molar-refractivity contribution < 1.29 is 14.7 Å². The zero-order valence-corrected chi connectivity index (χ0v) is 12.3. The van der Waals surface area contributed by atoms with Gasteiger partial charge >= 0.3 is 4.83 Å². The number of rotatable bonds is 1. The van der Waals surface area contributed by atoms with Gasteiger partial charge in [-0.15, -0.1) is 0 Å². The maximum absolute atomic E-state index is 12.6. The van der Waals surface area contributed by atoms with Gasteiger partial charge in [0.05, 0.1) is 18.3 Å². The van der Waals surface area contributed by atoms with Crippen molar-refractivity contribution in [2.24, 2.45) is 4.99 Å². The monoisotopic (exact) mass is 310 g/mol. The van der Waals surface area contributed by atoms with Crippen molar-refractivity contribution in [1.29, 1.82) is 0 Å². The lowest BCUT2D eigenvalue weighted by molar-refractivity contribution is -0.883. The summed E-state index contributed by atoms with van der Waals surface area (Å²) < 4.78 is 1.03. The first-order valence-electron chi connectivity index (χ1n) is 6.79. The van der Waals surface area contributed by atoms with Gasteiger partial charge in [-0.25, -0.2) is 4.99 Å². The van der Waals surface area contributed by atoms with Gasteiger partial charge in [0.1, 0.15) is 10.6 Å². The molecule has 1 N–H and O–H groups in total. The largest absolute Gasteiger partial charge is 0.325 e. The molecule has 5 nitrogen and oxygen atoms in total. The van der Waals surface area contributed by atoms with Crippen molar-refractivity contribution in [3.05, 3.63) is 53.5 Å². The van der Waals surface area contributed by atoms with Crippen LogP contribution in [0.4, 0.5) is 11.4 Å². The highest BCUT2D eigenvalue weighted by molar-refractivity contribution is 7.20. The first-order valence-corrected chi connectivity index (χ1v) is 7.61. The van der Waals surface area contributed by atoms with Crippen LogP contribution in [-0.4, -0.2) is 23.9 Å². The molecule has 0 atom stereocenters. The summed E-state index contributed by atoms with van der Waals surface area (Å²) in [5.74, 6) is -0.00227. The standard InChI is InChI=1S/C16H12N3O2S/c20-13-9-18(11-5-2-1-3-6-11)10-17-14-12-7-4-8-19(21)16(12)22-15(13)14/h1-8,10,21H,9H2/q+1. The molecule has 0 bridgehead atoms. The number of para-hydroxylation sites is 1. The van der Waals surface area contributed by atoms with E-state index in [1.165, 1.54) is 11.3 Å². The first-order chi connectivity index (χ1) is 10.7. The van der Waals surface area contributed by atoms with E-state index in [1.807, 2.05) is 41.3 Å². The molecule has 3 heterocycles. The Hall–Kier alpha value is -2.73. The fourth-order valence-corrected chi connectivity index (χ4v) is 3.58. The minimum Gasteiger partial charge on any atom is -0.325 e. The van der Waals surface area contributed by atoms with Gasteiger partial charge in [0.15, 0.2) is 5.78 Å². The number of carbonyl (C=O) groups is 1. The van der Waals surface area contributed by atoms with Crippen molar-refractivity contribution in [3.63, 3.8) is 0 Å². The Morgan fingerprint density at radius 3 is 2.82 bits per heavy atom. The van der Waals surface area contributed by atoms with Crippen molar-refractivity contribution in [1.82, 2.24) is 0 Å². The second-order valence-electron chi connectivity index (χ2n) is 4.98. The molecule has 0 spiro atoms. The molecule has 1 aliphatic heterocycles. The molecule has 0 saturated heterocycles. The number of Topliss-reactive ketones (excluding diaryl/α,β-unsaturated/α-hetero) is 1. The van der Waals surface area contributed by atoms with E-state index in [-0.39, 0.29) is 12.3 Å². The van der Waals surface area contributed by atoms with Crippen LogP contribution in [0, 0.1) is 0 Å². The second kappa shape index (κ2) is 4.92. The summed E-state index contributed by atoms with van der Waals surface area (Å²) in [4.78, 5) is 20.1. The Bertz CT molecular complexity index is 902. The first kappa shape index (κ1) is 13.0. The van der Waals surface area contributed by atoms with Crippen LogP contribution in [0.3, 0.4) is 0 Å². The molecule has 0 aliphatic carbocycles. The fourth-order valence-electron chi connectivity index (χ4n) is 2.52. The lowest BCUT2D eigenvalue weighted by Crippen LogP contribution is -2.28. The summed E-state index contributed by atoms with van der Waals surface area (Å²) in [5.41, 5.74) is 1.56. The van der Waals surface area contributed by atoms with E-state index >= 15 is 0 Å². The summed E-state index contributed by atoms with van der Waals surface area (Å²) in [6.45, 7) is 0.235. The topological polar surface area (TPSA) is 56.8 Å². The number of carbonyl (C=O) groups excluding carboxylic acids is 1. The average molecular weight is 310 g/mol. The lowest BCUT2D eigenvalue weighted by Gasteiger charge is -2.16. The number of hydrogen-bond donors (Lipinski definition) is 1. The Labute approximate surface area is 130 Å². The van der Waals surface area contributed by atoms with Gasteiger partial charge in [-0.1, -0.05) is 29.5 Å². The zero-order valence-electron chi connectivity index (χ0n) is 11.5. The van der Waals surface area contributed by atoms with Crippen LogP contribution in [0.2, 0.25) is 0 Å². The van der Waals surface area contributed by atoms with Crippen molar-refractivity contribution >= 4 is 45.0 Å². The van der Waals surface area contributed by atoms with Gasteiger partial charge in [0, 0.05) is 16.5 Å². The fraction of sp³-hybridized carbons (Fsp3) is 0.0625. The van der Waals surface area contributed by atoms with Crippen LogP contribution in [-0.2, 0) is 0 Å². The third-order valence-electron chi connectivity index (χ3n) is 3.58. The molecule has 1 aliphatic rings. The highest BCUT2D eigenvalue weighted by Gasteiger charge is 2.27. The van der Waals surface area contributed by atoms with Crippen LogP contribution < -0.4 is 9.63 Å². The molecular weight excluding hydrogens is 298 g/mol. The number of hydrogen-bond acceptors (Lipinski definition) is 5. The molecule has 2 aromatic heterocycles. The Morgan fingerprint density at radius 1 is 1.18 bits per heavy atom. The highest BCUT2D eigenvalue weighted by Crippen LogP contribution is 2.37. The molecule has 0 radical (unpaired) electrons. The SMILES string of the molecule is O=C1CN(c2ccccc2)C=Nc2c1sc1c2ccc[n+]1O. The molecule has 3 aromatic rings. The third-order valence-corrected chi connectivity index (χ3v) is 4.80. The van der Waals surface area contributed by atoms with Crippen LogP contribution in [0.15, 0.2) is 53.7 Å². The molecule has 0 unspecified atom stereocenters. The summed E-state index contributed by atoms with van der Waals surface area (Å²) in [7, 11) is 0. The summed E-state index contributed by atoms with van der Waals surface area (Å²) in [6, 6.07) is 13.3. The number of fused-ring (bicyclic) bond motifs is 3. The predicted octanol–water partition coefficient (Wildman–Crippen LogP) is 2.79. The molecular formula is C16H12N3O2S+. The second-order valence-corrected chi connectivity index (χ2v) is 5.98. The van der Waals surface area contributed by atoms with E-state index in [0.29, 0.717) is 15.4 Å². The van der Waals surface area contributed by atoms with Crippen molar-refractivity contribution in [2.45, 2.75) is 0 Å². The van der Waals surface area contributed by atoms with Crippen LogP contribution in [0.5, 0.6) is 0 Å². The number of anilines is 1.